The number of nitrogens with one attached hydrogen (secondary N) is 2. The zero-order chi connectivity index (χ0) is 22.1. The van der Waals surface area contributed by atoms with Gasteiger partial charge in [-0.2, -0.15) is 4.31 Å². The fraction of sp³-hybridized carbons (Fsp3) is 0.632. The molecular formula is C19H28N4O5S2. The summed E-state index contributed by atoms with van der Waals surface area (Å²) in [7, 11) is -3.46. The summed E-state index contributed by atoms with van der Waals surface area (Å²) in [6.45, 7) is 8.20. The molecule has 1 aliphatic rings. The number of H-pyrrole nitrogens is 1. The van der Waals surface area contributed by atoms with E-state index in [0.717, 1.165) is 10.4 Å². The van der Waals surface area contributed by atoms with Crippen LogP contribution in [-0.4, -0.2) is 66.2 Å². The van der Waals surface area contributed by atoms with Gasteiger partial charge >= 0.3 is 0 Å². The largest absolute Gasteiger partial charge is 0.373 e. The highest BCUT2D eigenvalue weighted by atomic mass is 32.2. The van der Waals surface area contributed by atoms with Gasteiger partial charge in [0.1, 0.15) is 10.7 Å². The molecular weight excluding hydrogens is 428 g/mol. The average molecular weight is 457 g/mol. The molecule has 1 aliphatic heterocycles. The van der Waals surface area contributed by atoms with Crippen molar-refractivity contribution in [2.75, 3.05) is 25.4 Å². The number of morpholine rings is 1. The van der Waals surface area contributed by atoms with Crippen molar-refractivity contribution >= 4 is 37.5 Å². The van der Waals surface area contributed by atoms with E-state index in [1.165, 1.54) is 15.6 Å². The van der Waals surface area contributed by atoms with Crippen molar-refractivity contribution in [3.8, 4) is 0 Å². The van der Waals surface area contributed by atoms with Crippen LogP contribution in [0.2, 0.25) is 0 Å². The number of aryl methyl sites for hydroxylation is 3. The minimum atomic E-state index is -3.46. The normalized spacial score (nSPS) is 20.5. The van der Waals surface area contributed by atoms with Crippen LogP contribution in [0.3, 0.4) is 0 Å². The SMILES string of the molecule is Cc1sc2nc(CCC(=O)NCCS(=O)(=O)N3CC(C)OC(C)C3)[nH]c(=O)c2c1C. The van der Waals surface area contributed by atoms with Crippen LogP contribution in [0.1, 0.15) is 36.5 Å². The molecule has 1 fully saturated rings. The number of rotatable bonds is 7. The molecule has 9 nitrogen and oxygen atoms in total. The van der Waals surface area contributed by atoms with Gasteiger partial charge in [0.05, 0.1) is 23.3 Å². The summed E-state index contributed by atoms with van der Waals surface area (Å²) in [4.78, 5) is 33.3. The van der Waals surface area contributed by atoms with Crippen molar-refractivity contribution in [2.45, 2.75) is 52.7 Å². The molecule has 2 N–H and O–H groups in total. The Morgan fingerprint density at radius 2 is 1.97 bits per heavy atom. The zero-order valence-electron chi connectivity index (χ0n) is 17.6. The average Bonchev–Trinajstić information content (AvgIpc) is 2.93. The van der Waals surface area contributed by atoms with Gasteiger partial charge in [-0.15, -0.1) is 11.3 Å². The monoisotopic (exact) mass is 456 g/mol. The predicted molar refractivity (Wildman–Crippen MR) is 116 cm³/mol. The van der Waals surface area contributed by atoms with Crippen LogP contribution in [-0.2, 0) is 26.0 Å². The van der Waals surface area contributed by atoms with Crippen molar-refractivity contribution in [3.63, 3.8) is 0 Å². The van der Waals surface area contributed by atoms with Gasteiger partial charge in [0, 0.05) is 37.4 Å². The van der Waals surface area contributed by atoms with Gasteiger partial charge in [-0.25, -0.2) is 13.4 Å². The van der Waals surface area contributed by atoms with E-state index in [1.54, 1.807) is 0 Å². The van der Waals surface area contributed by atoms with Gasteiger partial charge in [-0.05, 0) is 33.3 Å². The molecule has 30 heavy (non-hydrogen) atoms. The Hall–Kier alpha value is -1.82. The summed E-state index contributed by atoms with van der Waals surface area (Å²) in [6.07, 6.45) is 0.0869. The number of ether oxygens (including phenoxy) is 1. The first-order valence-corrected chi connectivity index (χ1v) is 12.4. The molecule has 0 bridgehead atoms. The van der Waals surface area contributed by atoms with E-state index in [-0.39, 0.29) is 48.8 Å². The molecule has 11 heteroatoms. The van der Waals surface area contributed by atoms with Gasteiger partial charge in [-0.1, -0.05) is 0 Å². The highest BCUT2D eigenvalue weighted by Crippen LogP contribution is 2.25. The molecule has 2 aromatic rings. The number of fused-ring (bicyclic) bond motifs is 1. The Morgan fingerprint density at radius 1 is 1.30 bits per heavy atom. The number of carbonyl (C=O) groups excluding carboxylic acids is 1. The Bertz CT molecular complexity index is 1080. The molecule has 166 valence electrons. The number of sulfonamides is 1. The Morgan fingerprint density at radius 3 is 2.63 bits per heavy atom. The molecule has 3 rings (SSSR count). The van der Waals surface area contributed by atoms with E-state index in [1.807, 2.05) is 27.7 Å². The van der Waals surface area contributed by atoms with Crippen LogP contribution >= 0.6 is 11.3 Å². The van der Waals surface area contributed by atoms with Crippen LogP contribution in [0.4, 0.5) is 0 Å². The van der Waals surface area contributed by atoms with Crippen molar-refractivity contribution < 1.29 is 17.9 Å². The first-order chi connectivity index (χ1) is 14.1. The summed E-state index contributed by atoms with van der Waals surface area (Å²) in [6, 6.07) is 0. The molecule has 3 heterocycles. The maximum absolute atomic E-state index is 12.5. The molecule has 0 saturated carbocycles. The quantitative estimate of drug-likeness (QED) is 0.643. The van der Waals surface area contributed by atoms with Gasteiger partial charge in [-0.3, -0.25) is 9.59 Å². The number of aromatic amines is 1. The summed E-state index contributed by atoms with van der Waals surface area (Å²) >= 11 is 1.46. The van der Waals surface area contributed by atoms with Crippen LogP contribution in [0.25, 0.3) is 10.2 Å². The highest BCUT2D eigenvalue weighted by Gasteiger charge is 2.30. The third-order valence-electron chi connectivity index (χ3n) is 5.14. The molecule has 1 saturated heterocycles. The lowest BCUT2D eigenvalue weighted by molar-refractivity contribution is -0.120. The lowest BCUT2D eigenvalue weighted by Crippen LogP contribution is -2.49. The first kappa shape index (κ1) is 22.9. The van der Waals surface area contributed by atoms with E-state index in [2.05, 4.69) is 15.3 Å². The molecule has 0 spiro atoms. The lowest BCUT2D eigenvalue weighted by Gasteiger charge is -2.34. The number of thiophene rings is 1. The van der Waals surface area contributed by atoms with Crippen molar-refractivity contribution in [1.82, 2.24) is 19.6 Å². The minimum absolute atomic E-state index is 0.0353. The fourth-order valence-electron chi connectivity index (χ4n) is 3.54. The Balaban J connectivity index is 1.50. The number of carbonyl (C=O) groups is 1. The van der Waals surface area contributed by atoms with Gasteiger partial charge in [0.25, 0.3) is 5.56 Å². The van der Waals surface area contributed by atoms with E-state index in [0.29, 0.717) is 29.1 Å². The molecule has 1 amide bonds. The van der Waals surface area contributed by atoms with E-state index < -0.39 is 10.0 Å². The van der Waals surface area contributed by atoms with Crippen LogP contribution < -0.4 is 10.9 Å². The molecule has 0 radical (unpaired) electrons. The second-order valence-corrected chi connectivity index (χ2v) is 11.0. The number of hydrogen-bond donors (Lipinski definition) is 2. The second kappa shape index (κ2) is 9.13. The topological polar surface area (TPSA) is 121 Å². The van der Waals surface area contributed by atoms with Gasteiger partial charge in [0.2, 0.25) is 15.9 Å². The van der Waals surface area contributed by atoms with Crippen molar-refractivity contribution in [3.05, 3.63) is 26.6 Å². The summed E-state index contributed by atoms with van der Waals surface area (Å²) in [5.74, 6) is 0.00971. The Kier molecular flexibility index (Phi) is 6.95. The first-order valence-electron chi connectivity index (χ1n) is 9.95. The smallest absolute Gasteiger partial charge is 0.259 e. The third kappa shape index (κ3) is 5.26. The predicted octanol–water partition coefficient (Wildman–Crippen LogP) is 1.09. The molecule has 2 atom stereocenters. The van der Waals surface area contributed by atoms with Crippen LogP contribution in [0.15, 0.2) is 4.79 Å². The standard InChI is InChI=1S/C19H28N4O5S2/c1-11-9-23(10-12(2)28-11)30(26,27)8-7-20-16(24)6-5-15-21-18(25)17-13(3)14(4)29-19(17)22-15/h11-12H,5-10H2,1-4H3,(H,20,24)(H,21,22,25). The van der Waals surface area contributed by atoms with Gasteiger partial charge in [0.15, 0.2) is 0 Å². The number of nitrogens with zero attached hydrogens (tertiary/aromatic N) is 2. The molecule has 0 aliphatic carbocycles. The Labute approximate surface area is 179 Å². The maximum atomic E-state index is 12.5. The van der Waals surface area contributed by atoms with E-state index in [4.69, 9.17) is 4.74 Å². The number of aromatic nitrogens is 2. The maximum Gasteiger partial charge on any atom is 0.259 e. The van der Waals surface area contributed by atoms with Crippen LogP contribution in [0.5, 0.6) is 0 Å². The van der Waals surface area contributed by atoms with Crippen molar-refractivity contribution in [1.29, 1.82) is 0 Å². The van der Waals surface area contributed by atoms with E-state index >= 15 is 0 Å². The summed E-state index contributed by atoms with van der Waals surface area (Å²) in [5, 5.41) is 3.24. The summed E-state index contributed by atoms with van der Waals surface area (Å²) in [5.41, 5.74) is 0.732. The molecule has 0 aromatic carbocycles. The zero-order valence-corrected chi connectivity index (χ0v) is 19.3. The van der Waals surface area contributed by atoms with Crippen molar-refractivity contribution in [2.24, 2.45) is 0 Å². The van der Waals surface area contributed by atoms with Gasteiger partial charge < -0.3 is 15.0 Å². The number of hydrogen-bond acceptors (Lipinski definition) is 7. The highest BCUT2D eigenvalue weighted by molar-refractivity contribution is 7.89. The summed E-state index contributed by atoms with van der Waals surface area (Å²) < 4.78 is 32.0. The number of amides is 1. The second-order valence-electron chi connectivity index (χ2n) is 7.72. The van der Waals surface area contributed by atoms with Crippen LogP contribution in [0, 0.1) is 13.8 Å². The molecule has 2 unspecified atom stereocenters. The lowest BCUT2D eigenvalue weighted by atomic mass is 10.2. The fourth-order valence-corrected chi connectivity index (χ4v) is 6.09. The van der Waals surface area contributed by atoms with E-state index in [9.17, 15) is 18.0 Å². The molecule has 2 aromatic heterocycles. The minimum Gasteiger partial charge on any atom is -0.373 e. The third-order valence-corrected chi connectivity index (χ3v) is 8.04.